The Morgan fingerprint density at radius 2 is 1.37 bits per heavy atom. The fraction of sp³-hybridized carbons (Fsp3) is 0.154. The smallest absolute Gasteiger partial charge is 0.310 e. The molecule has 0 unspecified atom stereocenters. The minimum Gasteiger partial charge on any atom is -0.310 e. The quantitative estimate of drug-likeness (QED) is 0.186. The molecule has 4 heteroatoms. The van der Waals surface area contributed by atoms with Crippen LogP contribution in [0.5, 0.6) is 0 Å². The minimum atomic E-state index is -0.547. The van der Waals surface area contributed by atoms with E-state index >= 15 is 0 Å². The number of nitrogens with zero attached hydrogens (tertiary/aromatic N) is 1. The molecule has 0 aliphatic rings. The minimum absolute atomic E-state index is 0. The van der Waals surface area contributed by atoms with E-state index in [0.29, 0.717) is 0 Å². The molecule has 0 aliphatic carbocycles. The van der Waals surface area contributed by atoms with E-state index in [1.165, 1.54) is 25.9 Å². The van der Waals surface area contributed by atoms with Gasteiger partial charge >= 0.3 is 17.1 Å². The molecule has 0 saturated heterocycles. The zero-order valence-electron chi connectivity index (χ0n) is 17.4. The zero-order chi connectivity index (χ0) is 20.5. The number of hydrogen-bond donors (Lipinski definition) is 0. The van der Waals surface area contributed by atoms with E-state index in [1.807, 2.05) is 30.3 Å². The zero-order valence-corrected chi connectivity index (χ0v) is 20.9. The fourth-order valence-electron chi connectivity index (χ4n) is 3.16. The average molecular weight is 520 g/mol. The number of hydrogen-bond acceptors (Lipinski definition) is 1. The molecule has 0 saturated carbocycles. The molecule has 4 rings (SSSR count). The van der Waals surface area contributed by atoms with E-state index in [4.69, 9.17) is 0 Å². The van der Waals surface area contributed by atoms with Crippen molar-refractivity contribution in [2.75, 3.05) is 20.6 Å². The van der Waals surface area contributed by atoms with E-state index in [2.05, 4.69) is 108 Å². The van der Waals surface area contributed by atoms with Crippen molar-refractivity contribution >= 4 is 39.8 Å². The van der Waals surface area contributed by atoms with Crippen LogP contribution in [0, 0.1) is 0 Å². The van der Waals surface area contributed by atoms with E-state index in [9.17, 15) is 0 Å². The Kier molecular flexibility index (Phi) is 10.8. The van der Waals surface area contributed by atoms with E-state index < -0.39 is 7.92 Å². The first-order valence-corrected chi connectivity index (χ1v) is 12.0. The summed E-state index contributed by atoms with van der Waals surface area (Å²) in [5.74, 6) is 0. The third-order valence-corrected chi connectivity index (χ3v) is 8.17. The predicted molar refractivity (Wildman–Crippen MR) is 133 cm³/mol. The second-order valence-electron chi connectivity index (χ2n) is 7.08. The third-order valence-electron chi connectivity index (χ3n) is 4.60. The summed E-state index contributed by atoms with van der Waals surface area (Å²) in [4.78, 5) is 2.25. The molecule has 0 N–H and O–H groups in total. The molecule has 0 amide bonds. The van der Waals surface area contributed by atoms with Crippen LogP contribution in [0.1, 0.15) is 5.56 Å². The Hall–Kier alpha value is -1.47. The van der Waals surface area contributed by atoms with Gasteiger partial charge in [0.05, 0.1) is 0 Å². The summed E-state index contributed by atoms with van der Waals surface area (Å²) in [5.41, 5.74) is 1.45. The van der Waals surface area contributed by atoms with Crippen LogP contribution in [0.25, 0.3) is 0 Å². The van der Waals surface area contributed by atoms with Gasteiger partial charge in [-0.1, -0.05) is 71.6 Å². The summed E-state index contributed by atoms with van der Waals surface area (Å²) in [6.07, 6.45) is 1.08. The molecular weight excluding hydrogens is 493 g/mol. The molecule has 0 heterocycles. The number of benzene rings is 2. The Bertz CT molecular complexity index is 893. The summed E-state index contributed by atoms with van der Waals surface area (Å²) in [6.45, 7) is 1.07. The van der Waals surface area contributed by atoms with Gasteiger partial charge in [0.1, 0.15) is 0 Å². The van der Waals surface area contributed by atoms with Gasteiger partial charge in [0, 0.05) is 0 Å². The van der Waals surface area contributed by atoms with Crippen molar-refractivity contribution in [3.8, 4) is 0 Å². The van der Waals surface area contributed by atoms with Crippen LogP contribution in [0.15, 0.2) is 108 Å². The van der Waals surface area contributed by atoms with Crippen molar-refractivity contribution in [2.24, 2.45) is 0 Å². The molecule has 4 aromatic carbocycles. The molecule has 0 aliphatic heterocycles. The Balaban J connectivity index is 0.000000468. The number of rotatable bonds is 6. The van der Waals surface area contributed by atoms with Gasteiger partial charge in [-0.3, -0.25) is 0 Å². The van der Waals surface area contributed by atoms with E-state index in [-0.39, 0.29) is 17.1 Å². The van der Waals surface area contributed by atoms with Crippen molar-refractivity contribution in [2.45, 2.75) is 6.42 Å². The summed E-state index contributed by atoms with van der Waals surface area (Å²) in [7, 11) is 3.72. The van der Waals surface area contributed by atoms with Crippen LogP contribution in [-0.2, 0) is 23.5 Å². The van der Waals surface area contributed by atoms with Crippen LogP contribution in [0.4, 0.5) is 0 Å². The molecule has 0 aromatic heterocycles. The summed E-state index contributed by atoms with van der Waals surface area (Å²) in [6, 6.07) is 36.3. The van der Waals surface area contributed by atoms with Crippen molar-refractivity contribution in [3.63, 3.8) is 0 Å². The van der Waals surface area contributed by atoms with Gasteiger partial charge in [0.15, 0.2) is 0 Å². The largest absolute Gasteiger partial charge is 2.00 e. The molecule has 0 fully saturated rings. The van der Waals surface area contributed by atoms with Gasteiger partial charge in [-0.25, -0.2) is 18.2 Å². The van der Waals surface area contributed by atoms with Crippen LogP contribution in [0.2, 0.25) is 0 Å². The van der Waals surface area contributed by atoms with Gasteiger partial charge in [-0.2, -0.15) is 29.8 Å². The standard InChI is InChI=1S/C21H22BrNP.C5H5.Fe/c1-23(2)16-15-17-13-14-20(22)21(17)24(18-9-5-3-6-10-18)19-11-7-4-8-12-19;1-2-4-5-3-1;/h3-14H,15-16H2,1-2H3;1-5H;/q2*-1;+2. The van der Waals surface area contributed by atoms with Crippen molar-refractivity contribution < 1.29 is 17.1 Å². The molecule has 156 valence electrons. The fourth-order valence-corrected chi connectivity index (χ4v) is 6.60. The summed E-state index contributed by atoms with van der Waals surface area (Å²) >= 11 is 3.82. The maximum atomic E-state index is 3.82. The average Bonchev–Trinajstić information content (AvgIpc) is 3.43. The van der Waals surface area contributed by atoms with Gasteiger partial charge in [0.25, 0.3) is 0 Å². The Morgan fingerprint density at radius 1 is 0.833 bits per heavy atom. The molecule has 0 bridgehead atoms. The first-order valence-electron chi connectivity index (χ1n) is 9.82. The van der Waals surface area contributed by atoms with Crippen LogP contribution >= 0.6 is 23.9 Å². The maximum Gasteiger partial charge on any atom is 2.00 e. The predicted octanol–water partition coefficient (Wildman–Crippen LogP) is 5.43. The number of likely N-dealkylation sites (N-methyl/N-ethyl adjacent to an activating group) is 1. The first-order chi connectivity index (χ1) is 14.2. The van der Waals surface area contributed by atoms with E-state index in [0.717, 1.165) is 13.0 Å². The molecule has 0 radical (unpaired) electrons. The van der Waals surface area contributed by atoms with E-state index in [1.54, 1.807) is 0 Å². The molecule has 30 heavy (non-hydrogen) atoms. The molecular formula is C26H27BrFeNP. The second-order valence-corrected chi connectivity index (χ2v) is 10.1. The maximum absolute atomic E-state index is 3.82. The second kappa shape index (κ2) is 13.1. The Morgan fingerprint density at radius 3 is 1.80 bits per heavy atom. The third kappa shape index (κ3) is 7.05. The number of halogens is 1. The van der Waals surface area contributed by atoms with Gasteiger partial charge in [-0.05, 0) is 39.2 Å². The van der Waals surface area contributed by atoms with Gasteiger partial charge < -0.3 is 4.90 Å². The normalized spacial score (nSPS) is 10.4. The topological polar surface area (TPSA) is 3.24 Å². The molecule has 0 atom stereocenters. The Labute approximate surface area is 201 Å². The summed E-state index contributed by atoms with van der Waals surface area (Å²) in [5, 5.41) is 4.26. The van der Waals surface area contributed by atoms with Crippen molar-refractivity contribution in [1.29, 1.82) is 0 Å². The molecule has 4 aromatic rings. The SMILES string of the molecule is CN(C)CCc1cc[c-](Br)c1P(c1ccccc1)c1ccccc1.[Fe+2].c1cc[cH-]c1. The monoisotopic (exact) mass is 519 g/mol. The van der Waals surface area contributed by atoms with Crippen LogP contribution in [0.3, 0.4) is 0 Å². The first kappa shape index (κ1) is 24.8. The molecule has 1 nitrogen and oxygen atoms in total. The van der Waals surface area contributed by atoms with Gasteiger partial charge in [-0.15, -0.1) is 21.2 Å². The molecule has 0 spiro atoms. The van der Waals surface area contributed by atoms with Gasteiger partial charge in [0.2, 0.25) is 0 Å². The summed E-state index contributed by atoms with van der Waals surface area (Å²) < 4.78 is 1.23. The van der Waals surface area contributed by atoms with Crippen molar-refractivity contribution in [1.82, 2.24) is 4.90 Å². The van der Waals surface area contributed by atoms with Crippen molar-refractivity contribution in [3.05, 3.63) is 113 Å². The van der Waals surface area contributed by atoms with Crippen LogP contribution in [-0.4, -0.2) is 25.5 Å². The van der Waals surface area contributed by atoms with Crippen LogP contribution < -0.4 is 15.9 Å².